The van der Waals surface area contributed by atoms with Gasteiger partial charge in [0.1, 0.15) is 6.04 Å². The van der Waals surface area contributed by atoms with E-state index in [4.69, 9.17) is 11.6 Å². The molecule has 3 aromatic rings. The van der Waals surface area contributed by atoms with Crippen molar-refractivity contribution >= 4 is 35.0 Å². The lowest BCUT2D eigenvalue weighted by molar-refractivity contribution is -0.890. The minimum absolute atomic E-state index is 0.109. The number of amides is 1. The highest BCUT2D eigenvalue weighted by Gasteiger charge is 2.23. The Morgan fingerprint density at radius 2 is 1.82 bits per heavy atom. The van der Waals surface area contributed by atoms with Crippen molar-refractivity contribution in [1.82, 2.24) is 14.8 Å². The summed E-state index contributed by atoms with van der Waals surface area (Å²) < 4.78 is 2.03. The summed E-state index contributed by atoms with van der Waals surface area (Å²) in [6.45, 7) is 2.11. The van der Waals surface area contributed by atoms with Crippen LogP contribution in [-0.4, -0.2) is 40.5 Å². The monoisotopic (exact) mass is 416 g/mol. The number of nitrogens with zero attached hydrogens (tertiary/aromatic N) is 3. The lowest BCUT2D eigenvalue weighted by Gasteiger charge is -2.18. The average Bonchev–Trinajstić information content (AvgIpc) is 3.12. The van der Waals surface area contributed by atoms with E-state index in [1.807, 2.05) is 34.9 Å². The minimum atomic E-state index is -0.109. The number of benzene rings is 2. The van der Waals surface area contributed by atoms with E-state index in [2.05, 4.69) is 36.5 Å². The number of anilines is 1. The average molecular weight is 417 g/mol. The summed E-state index contributed by atoms with van der Waals surface area (Å²) in [6, 6.07) is 17.2. The summed E-state index contributed by atoms with van der Waals surface area (Å²) in [6.07, 6.45) is 0. The Morgan fingerprint density at radius 3 is 2.46 bits per heavy atom. The molecule has 0 bridgehead atoms. The number of halogens is 1. The fourth-order valence-electron chi connectivity index (χ4n) is 2.59. The Morgan fingerprint density at radius 1 is 1.14 bits per heavy atom. The molecule has 1 amide bonds. The number of rotatable bonds is 7. The first-order valence-electron chi connectivity index (χ1n) is 8.94. The Bertz CT molecular complexity index is 928. The van der Waals surface area contributed by atoms with Crippen molar-refractivity contribution in [2.75, 3.05) is 25.2 Å². The van der Waals surface area contributed by atoms with Gasteiger partial charge in [0, 0.05) is 16.4 Å². The van der Waals surface area contributed by atoms with Gasteiger partial charge in [-0.2, -0.15) is 0 Å². The lowest BCUT2D eigenvalue weighted by Crippen LogP contribution is -3.05. The van der Waals surface area contributed by atoms with Crippen molar-refractivity contribution in [2.45, 2.75) is 18.1 Å². The molecule has 146 valence electrons. The maximum atomic E-state index is 12.3. The zero-order valence-electron chi connectivity index (χ0n) is 16.0. The van der Waals surface area contributed by atoms with Crippen LogP contribution < -0.4 is 10.2 Å². The Labute approximate surface area is 173 Å². The molecule has 0 radical (unpaired) electrons. The highest BCUT2D eigenvalue weighted by Crippen LogP contribution is 2.24. The highest BCUT2D eigenvalue weighted by atomic mass is 35.5. The van der Waals surface area contributed by atoms with Crippen LogP contribution in [0.4, 0.5) is 5.69 Å². The van der Waals surface area contributed by atoms with Gasteiger partial charge < -0.3 is 10.2 Å². The lowest BCUT2D eigenvalue weighted by atomic mass is 10.2. The SMILES string of the molecule is C[C@@H](c1nnc(SCC(=O)Nc2ccc(Cl)cc2)n1-c1ccccc1)[NH+](C)C. The Hall–Kier alpha value is -2.35. The van der Waals surface area contributed by atoms with E-state index >= 15 is 0 Å². The first kappa shape index (κ1) is 20.4. The first-order chi connectivity index (χ1) is 13.5. The summed E-state index contributed by atoms with van der Waals surface area (Å²) in [7, 11) is 4.17. The molecule has 2 aromatic carbocycles. The molecule has 2 N–H and O–H groups in total. The van der Waals surface area contributed by atoms with Gasteiger partial charge in [0.05, 0.1) is 19.8 Å². The van der Waals surface area contributed by atoms with Crippen LogP contribution in [0.3, 0.4) is 0 Å². The van der Waals surface area contributed by atoms with Crippen LogP contribution in [0.15, 0.2) is 59.8 Å². The Kier molecular flexibility index (Phi) is 6.72. The molecular weight excluding hydrogens is 394 g/mol. The van der Waals surface area contributed by atoms with Crippen LogP contribution in [0.1, 0.15) is 18.8 Å². The smallest absolute Gasteiger partial charge is 0.234 e. The van der Waals surface area contributed by atoms with Gasteiger partial charge >= 0.3 is 0 Å². The van der Waals surface area contributed by atoms with E-state index in [0.29, 0.717) is 15.9 Å². The largest absolute Gasteiger partial charge is 0.331 e. The number of quaternary nitrogens is 1. The van der Waals surface area contributed by atoms with Gasteiger partial charge in [0.2, 0.25) is 5.91 Å². The standard InChI is InChI=1S/C20H22ClN5OS/c1-14(25(2)3)19-23-24-20(26(19)17-7-5-4-6-8-17)28-13-18(27)22-16-11-9-15(21)10-12-16/h4-12,14H,13H2,1-3H3,(H,22,27)/p+1/t14-/m0/s1. The summed E-state index contributed by atoms with van der Waals surface area (Å²) in [5, 5.41) is 13.0. The van der Waals surface area contributed by atoms with Gasteiger partial charge in [0.15, 0.2) is 11.0 Å². The maximum absolute atomic E-state index is 12.3. The molecule has 0 spiro atoms. The van der Waals surface area contributed by atoms with Gasteiger partial charge in [-0.3, -0.25) is 9.36 Å². The molecule has 1 heterocycles. The summed E-state index contributed by atoms with van der Waals surface area (Å²) in [4.78, 5) is 13.6. The number of para-hydroxylation sites is 1. The molecule has 1 atom stereocenters. The first-order valence-corrected chi connectivity index (χ1v) is 10.3. The van der Waals surface area contributed by atoms with E-state index in [0.717, 1.165) is 11.5 Å². The van der Waals surface area contributed by atoms with Gasteiger partial charge in [0.25, 0.3) is 0 Å². The van der Waals surface area contributed by atoms with E-state index in [1.54, 1.807) is 24.3 Å². The molecule has 28 heavy (non-hydrogen) atoms. The second-order valence-electron chi connectivity index (χ2n) is 6.65. The van der Waals surface area contributed by atoms with Crippen molar-refractivity contribution in [1.29, 1.82) is 0 Å². The van der Waals surface area contributed by atoms with Gasteiger partial charge in [-0.25, -0.2) is 0 Å². The number of carbonyl (C=O) groups excluding carboxylic acids is 1. The number of carbonyl (C=O) groups is 1. The molecule has 0 fully saturated rings. The van der Waals surface area contributed by atoms with Crippen LogP contribution in [-0.2, 0) is 4.79 Å². The number of hydrogen-bond acceptors (Lipinski definition) is 4. The molecule has 0 aliphatic rings. The molecule has 0 saturated carbocycles. The van der Waals surface area contributed by atoms with Crippen molar-refractivity contribution in [3.8, 4) is 5.69 Å². The maximum Gasteiger partial charge on any atom is 0.234 e. The fraction of sp³-hybridized carbons (Fsp3) is 0.250. The third kappa shape index (κ3) is 4.92. The quantitative estimate of drug-likeness (QED) is 0.581. The summed E-state index contributed by atoms with van der Waals surface area (Å²) in [5.74, 6) is 0.992. The van der Waals surface area contributed by atoms with Crippen LogP contribution in [0.25, 0.3) is 5.69 Å². The van der Waals surface area contributed by atoms with E-state index in [-0.39, 0.29) is 17.7 Å². The second-order valence-corrected chi connectivity index (χ2v) is 8.03. The number of hydrogen-bond donors (Lipinski definition) is 2. The Balaban J connectivity index is 1.78. The van der Waals surface area contributed by atoms with Crippen LogP contribution in [0.5, 0.6) is 0 Å². The normalized spacial score (nSPS) is 12.2. The van der Waals surface area contributed by atoms with Crippen LogP contribution in [0.2, 0.25) is 5.02 Å². The van der Waals surface area contributed by atoms with E-state index in [9.17, 15) is 4.79 Å². The molecule has 0 unspecified atom stereocenters. The van der Waals surface area contributed by atoms with Crippen LogP contribution in [0, 0.1) is 0 Å². The molecule has 0 aliphatic carbocycles. The van der Waals surface area contributed by atoms with Crippen molar-refractivity contribution in [3.63, 3.8) is 0 Å². The number of aromatic nitrogens is 3. The molecule has 1 aromatic heterocycles. The molecule has 0 saturated heterocycles. The fourth-order valence-corrected chi connectivity index (χ4v) is 3.48. The predicted octanol–water partition coefficient (Wildman–Crippen LogP) is 2.86. The van der Waals surface area contributed by atoms with Crippen molar-refractivity contribution < 1.29 is 9.69 Å². The zero-order chi connectivity index (χ0) is 20.1. The predicted molar refractivity (Wildman–Crippen MR) is 113 cm³/mol. The van der Waals surface area contributed by atoms with Crippen molar-refractivity contribution in [2.24, 2.45) is 0 Å². The number of nitrogens with one attached hydrogen (secondary N) is 2. The summed E-state index contributed by atoms with van der Waals surface area (Å²) >= 11 is 7.24. The number of thioether (sulfide) groups is 1. The minimum Gasteiger partial charge on any atom is -0.331 e. The third-order valence-corrected chi connectivity index (χ3v) is 5.57. The molecule has 3 rings (SSSR count). The van der Waals surface area contributed by atoms with Gasteiger partial charge in [-0.05, 0) is 43.3 Å². The molecule has 8 heteroatoms. The van der Waals surface area contributed by atoms with Gasteiger partial charge in [-0.15, -0.1) is 10.2 Å². The second kappa shape index (κ2) is 9.23. The molecule has 6 nitrogen and oxygen atoms in total. The van der Waals surface area contributed by atoms with E-state index < -0.39 is 0 Å². The topological polar surface area (TPSA) is 64.2 Å². The van der Waals surface area contributed by atoms with Gasteiger partial charge in [-0.1, -0.05) is 41.6 Å². The third-order valence-electron chi connectivity index (χ3n) is 4.39. The van der Waals surface area contributed by atoms with Crippen LogP contribution >= 0.6 is 23.4 Å². The zero-order valence-corrected chi connectivity index (χ0v) is 17.6. The van der Waals surface area contributed by atoms with E-state index in [1.165, 1.54) is 16.7 Å². The highest BCUT2D eigenvalue weighted by molar-refractivity contribution is 7.99. The summed E-state index contributed by atoms with van der Waals surface area (Å²) in [5.41, 5.74) is 1.70. The molecule has 0 aliphatic heterocycles. The molecular formula is C20H23ClN5OS+. The van der Waals surface area contributed by atoms with Crippen molar-refractivity contribution in [3.05, 3.63) is 65.4 Å².